The summed E-state index contributed by atoms with van der Waals surface area (Å²) in [5.41, 5.74) is 5.42. The van der Waals surface area contributed by atoms with Gasteiger partial charge in [0, 0.05) is 25.2 Å². The van der Waals surface area contributed by atoms with Crippen LogP contribution in [-0.2, 0) is 11.2 Å². The van der Waals surface area contributed by atoms with Gasteiger partial charge in [-0.2, -0.15) is 0 Å². The SMILES string of the molecule is CC(C)CNC(=O)C(C)(C)NC[C@@H](O)[C@@H](N)Cc1cc(F)cc(F)c1. The third kappa shape index (κ3) is 7.46. The number of carbonyl (C=O) groups is 1. The number of benzene rings is 1. The maximum Gasteiger partial charge on any atom is 0.239 e. The van der Waals surface area contributed by atoms with Gasteiger partial charge in [0.2, 0.25) is 5.91 Å². The second kappa shape index (κ2) is 9.22. The number of hydrogen-bond donors (Lipinski definition) is 4. The van der Waals surface area contributed by atoms with Crippen LogP contribution in [0.4, 0.5) is 8.78 Å². The lowest BCUT2D eigenvalue weighted by Gasteiger charge is -2.28. The minimum absolute atomic E-state index is 0.0844. The van der Waals surface area contributed by atoms with Gasteiger partial charge in [-0.3, -0.25) is 4.79 Å². The Morgan fingerprint density at radius 2 is 1.76 bits per heavy atom. The molecule has 5 nitrogen and oxygen atoms in total. The normalized spacial score (nSPS) is 14.4. The first-order valence-corrected chi connectivity index (χ1v) is 8.43. The second-order valence-electron chi connectivity index (χ2n) is 7.32. The molecule has 25 heavy (non-hydrogen) atoms. The Balaban J connectivity index is 2.53. The molecular weight excluding hydrogens is 328 g/mol. The van der Waals surface area contributed by atoms with Gasteiger partial charge in [-0.05, 0) is 43.9 Å². The predicted octanol–water partition coefficient (Wildman–Crippen LogP) is 1.34. The number of amides is 1. The number of halogens is 2. The lowest BCUT2D eigenvalue weighted by molar-refractivity contribution is -0.126. The average molecular weight is 357 g/mol. The summed E-state index contributed by atoms with van der Waals surface area (Å²) in [6, 6.07) is 2.44. The third-order valence-corrected chi connectivity index (χ3v) is 3.88. The molecule has 1 amide bonds. The molecule has 0 unspecified atom stereocenters. The Labute approximate surface area is 148 Å². The number of aliphatic hydroxyl groups is 1. The van der Waals surface area contributed by atoms with Crippen molar-refractivity contribution in [3.63, 3.8) is 0 Å². The summed E-state index contributed by atoms with van der Waals surface area (Å²) in [6.07, 6.45) is -0.846. The van der Waals surface area contributed by atoms with Crippen LogP contribution in [-0.4, -0.2) is 41.8 Å². The fraction of sp³-hybridized carbons (Fsp3) is 0.611. The van der Waals surface area contributed by atoms with Crippen LogP contribution >= 0.6 is 0 Å². The first-order chi connectivity index (χ1) is 11.5. The standard InChI is InChI=1S/C18H29F2N3O2/c1-11(2)9-22-17(25)18(3,4)23-10-16(24)15(21)7-12-5-13(19)8-14(20)6-12/h5-6,8,11,15-16,23-24H,7,9-10,21H2,1-4H3,(H,22,25)/t15-,16+/m0/s1. The van der Waals surface area contributed by atoms with Crippen molar-refractivity contribution in [1.29, 1.82) is 0 Å². The summed E-state index contributed by atoms with van der Waals surface area (Å²) in [5, 5.41) is 16.0. The number of aliphatic hydroxyl groups excluding tert-OH is 1. The summed E-state index contributed by atoms with van der Waals surface area (Å²) >= 11 is 0. The van der Waals surface area contributed by atoms with Gasteiger partial charge >= 0.3 is 0 Å². The largest absolute Gasteiger partial charge is 0.390 e. The van der Waals surface area contributed by atoms with E-state index in [0.29, 0.717) is 18.0 Å². The lowest BCUT2D eigenvalue weighted by Crippen LogP contribution is -2.56. The first kappa shape index (κ1) is 21.5. The van der Waals surface area contributed by atoms with E-state index in [0.717, 1.165) is 6.07 Å². The summed E-state index contributed by atoms with van der Waals surface area (Å²) in [4.78, 5) is 12.1. The second-order valence-corrected chi connectivity index (χ2v) is 7.32. The van der Waals surface area contributed by atoms with Gasteiger partial charge in [-0.1, -0.05) is 13.8 Å². The fourth-order valence-corrected chi connectivity index (χ4v) is 2.25. The Bertz CT molecular complexity index is 559. The maximum absolute atomic E-state index is 13.2. The van der Waals surface area contributed by atoms with E-state index in [9.17, 15) is 18.7 Å². The van der Waals surface area contributed by atoms with Gasteiger partial charge in [0.25, 0.3) is 0 Å². The van der Waals surface area contributed by atoms with Crippen molar-refractivity contribution >= 4 is 5.91 Å². The molecule has 0 bridgehead atoms. The van der Waals surface area contributed by atoms with Crippen LogP contribution in [0, 0.1) is 17.6 Å². The molecule has 0 spiro atoms. The first-order valence-electron chi connectivity index (χ1n) is 8.43. The molecule has 5 N–H and O–H groups in total. The van der Waals surface area contributed by atoms with Crippen molar-refractivity contribution in [2.24, 2.45) is 11.7 Å². The maximum atomic E-state index is 13.2. The zero-order valence-electron chi connectivity index (χ0n) is 15.3. The minimum atomic E-state index is -0.969. The molecule has 1 aromatic carbocycles. The van der Waals surface area contributed by atoms with E-state index in [4.69, 9.17) is 5.73 Å². The molecule has 0 saturated carbocycles. The Hall–Kier alpha value is -1.57. The Morgan fingerprint density at radius 3 is 2.28 bits per heavy atom. The van der Waals surface area contributed by atoms with Gasteiger partial charge in [-0.25, -0.2) is 8.78 Å². The molecule has 0 aliphatic heterocycles. The topological polar surface area (TPSA) is 87.4 Å². The van der Waals surface area contributed by atoms with Crippen LogP contribution in [0.15, 0.2) is 18.2 Å². The quantitative estimate of drug-likeness (QED) is 0.537. The van der Waals surface area contributed by atoms with E-state index in [2.05, 4.69) is 10.6 Å². The Kier molecular flexibility index (Phi) is 7.92. The average Bonchev–Trinajstić information content (AvgIpc) is 2.48. The number of hydrogen-bond acceptors (Lipinski definition) is 4. The molecule has 0 saturated heterocycles. The van der Waals surface area contributed by atoms with Crippen LogP contribution in [0.1, 0.15) is 33.3 Å². The number of carbonyl (C=O) groups excluding carboxylic acids is 1. The van der Waals surface area contributed by atoms with E-state index >= 15 is 0 Å². The van der Waals surface area contributed by atoms with Gasteiger partial charge in [-0.15, -0.1) is 0 Å². The zero-order valence-corrected chi connectivity index (χ0v) is 15.3. The van der Waals surface area contributed by atoms with E-state index in [1.807, 2.05) is 13.8 Å². The number of β-amino-alcohol motifs (C(OH)–C–C–N with tert-alkyl or cyclic N) is 1. The van der Waals surface area contributed by atoms with Crippen molar-refractivity contribution in [1.82, 2.24) is 10.6 Å². The predicted molar refractivity (Wildman–Crippen MR) is 94.0 cm³/mol. The molecule has 0 aliphatic rings. The molecule has 1 rings (SSSR count). The third-order valence-electron chi connectivity index (χ3n) is 3.88. The number of nitrogens with two attached hydrogens (primary N) is 1. The molecule has 7 heteroatoms. The van der Waals surface area contributed by atoms with Crippen molar-refractivity contribution in [2.75, 3.05) is 13.1 Å². The van der Waals surface area contributed by atoms with Gasteiger partial charge in [0.1, 0.15) is 11.6 Å². The minimum Gasteiger partial charge on any atom is -0.390 e. The van der Waals surface area contributed by atoms with E-state index in [1.165, 1.54) is 12.1 Å². The molecule has 0 radical (unpaired) electrons. The lowest BCUT2D eigenvalue weighted by atomic mass is 9.99. The number of nitrogens with one attached hydrogen (secondary N) is 2. The smallest absolute Gasteiger partial charge is 0.239 e. The van der Waals surface area contributed by atoms with Crippen LogP contribution in [0.3, 0.4) is 0 Å². The zero-order chi connectivity index (χ0) is 19.2. The molecule has 0 aromatic heterocycles. The molecule has 1 aromatic rings. The van der Waals surface area contributed by atoms with Gasteiger partial charge in [0.05, 0.1) is 11.6 Å². The van der Waals surface area contributed by atoms with Crippen LogP contribution in [0.25, 0.3) is 0 Å². The summed E-state index contributed by atoms with van der Waals surface area (Å²) < 4.78 is 26.4. The molecular formula is C18H29F2N3O2. The fourth-order valence-electron chi connectivity index (χ4n) is 2.25. The highest BCUT2D eigenvalue weighted by Crippen LogP contribution is 2.11. The summed E-state index contributed by atoms with van der Waals surface area (Å²) in [7, 11) is 0. The van der Waals surface area contributed by atoms with Crippen molar-refractivity contribution in [3.05, 3.63) is 35.4 Å². The van der Waals surface area contributed by atoms with E-state index in [1.54, 1.807) is 13.8 Å². The van der Waals surface area contributed by atoms with E-state index in [-0.39, 0.29) is 18.9 Å². The molecule has 142 valence electrons. The highest BCUT2D eigenvalue weighted by molar-refractivity contribution is 5.85. The van der Waals surface area contributed by atoms with Crippen LogP contribution < -0.4 is 16.4 Å². The molecule has 0 fully saturated rings. The van der Waals surface area contributed by atoms with Crippen molar-refractivity contribution in [3.8, 4) is 0 Å². The van der Waals surface area contributed by atoms with Crippen molar-refractivity contribution in [2.45, 2.75) is 51.8 Å². The molecule has 0 heterocycles. The monoisotopic (exact) mass is 357 g/mol. The summed E-state index contributed by atoms with van der Waals surface area (Å²) in [6.45, 7) is 8.07. The number of rotatable bonds is 9. The van der Waals surface area contributed by atoms with Crippen LogP contribution in [0.2, 0.25) is 0 Å². The van der Waals surface area contributed by atoms with Crippen molar-refractivity contribution < 1.29 is 18.7 Å². The van der Waals surface area contributed by atoms with Gasteiger partial charge in [0.15, 0.2) is 0 Å². The highest BCUT2D eigenvalue weighted by Gasteiger charge is 2.28. The Morgan fingerprint density at radius 1 is 1.20 bits per heavy atom. The highest BCUT2D eigenvalue weighted by atomic mass is 19.1. The summed E-state index contributed by atoms with van der Waals surface area (Å²) in [5.74, 6) is -1.20. The molecule has 0 aliphatic carbocycles. The van der Waals surface area contributed by atoms with Gasteiger partial charge < -0.3 is 21.5 Å². The molecule has 2 atom stereocenters. The van der Waals surface area contributed by atoms with Crippen LogP contribution in [0.5, 0.6) is 0 Å². The van der Waals surface area contributed by atoms with E-state index < -0.39 is 29.3 Å².